The van der Waals surface area contributed by atoms with E-state index in [9.17, 15) is 14.0 Å². The van der Waals surface area contributed by atoms with Gasteiger partial charge in [-0.1, -0.05) is 24.3 Å². The largest absolute Gasteiger partial charge is 0.362 e. The third-order valence-electron chi connectivity index (χ3n) is 7.10. The molecule has 4 atom stereocenters. The third kappa shape index (κ3) is 3.34. The van der Waals surface area contributed by atoms with E-state index in [0.29, 0.717) is 18.5 Å². The Morgan fingerprint density at radius 3 is 2.67 bits per heavy atom. The number of amides is 2. The highest BCUT2D eigenvalue weighted by Gasteiger charge is 2.55. The van der Waals surface area contributed by atoms with Crippen LogP contribution < -0.4 is 16.0 Å². The predicted octanol–water partition coefficient (Wildman–Crippen LogP) is 3.47. The van der Waals surface area contributed by atoms with Crippen LogP contribution in [0.15, 0.2) is 48.5 Å². The molecule has 30 heavy (non-hydrogen) atoms. The van der Waals surface area contributed by atoms with Crippen molar-refractivity contribution < 1.29 is 14.0 Å². The maximum Gasteiger partial charge on any atom is 0.255 e. The lowest BCUT2D eigenvalue weighted by molar-refractivity contribution is -0.132. The van der Waals surface area contributed by atoms with Gasteiger partial charge in [-0.3, -0.25) is 9.59 Å². The summed E-state index contributed by atoms with van der Waals surface area (Å²) < 4.78 is 13.0. The molecule has 1 heterocycles. The molecular weight excluding hydrogens is 381 g/mol. The van der Waals surface area contributed by atoms with E-state index in [1.807, 2.05) is 24.3 Å². The van der Waals surface area contributed by atoms with Gasteiger partial charge in [0.15, 0.2) is 0 Å². The SMILES string of the molecule is O=C1N[C@@]2(CC3CCC2CC3C(=O)NCCc2ccc(F)cc2)Nc2ccccc21. The summed E-state index contributed by atoms with van der Waals surface area (Å²) in [6.07, 6.45) is 4.27. The van der Waals surface area contributed by atoms with Crippen molar-refractivity contribution in [2.75, 3.05) is 11.9 Å². The van der Waals surface area contributed by atoms with Crippen LogP contribution in [0.5, 0.6) is 0 Å². The molecule has 3 fully saturated rings. The number of hydrogen-bond acceptors (Lipinski definition) is 3. The maximum atomic E-state index is 13.0. The number of hydrogen-bond donors (Lipinski definition) is 3. The second-order valence-electron chi connectivity index (χ2n) is 8.84. The quantitative estimate of drug-likeness (QED) is 0.727. The van der Waals surface area contributed by atoms with Crippen LogP contribution >= 0.6 is 0 Å². The van der Waals surface area contributed by atoms with Crippen LogP contribution in [0.2, 0.25) is 0 Å². The lowest BCUT2D eigenvalue weighted by Gasteiger charge is -2.56. The van der Waals surface area contributed by atoms with Gasteiger partial charge in [-0.25, -0.2) is 4.39 Å². The summed E-state index contributed by atoms with van der Waals surface area (Å²) in [7, 11) is 0. The molecule has 1 aliphatic heterocycles. The number of fused-ring (bicyclic) bond motifs is 3. The summed E-state index contributed by atoms with van der Waals surface area (Å²) in [5.74, 6) is 0.285. The first kappa shape index (κ1) is 19.1. The zero-order valence-corrected chi connectivity index (χ0v) is 16.8. The second-order valence-corrected chi connectivity index (χ2v) is 8.84. The summed E-state index contributed by atoms with van der Waals surface area (Å²) in [5.41, 5.74) is 2.13. The normalized spacial score (nSPS) is 29.1. The smallest absolute Gasteiger partial charge is 0.255 e. The number of benzene rings is 2. The monoisotopic (exact) mass is 407 g/mol. The first-order valence-corrected chi connectivity index (χ1v) is 10.8. The first-order chi connectivity index (χ1) is 14.5. The molecule has 0 radical (unpaired) electrons. The van der Waals surface area contributed by atoms with E-state index in [4.69, 9.17) is 0 Å². The highest BCUT2D eigenvalue weighted by Crippen LogP contribution is 2.51. The van der Waals surface area contributed by atoms with Crippen LogP contribution in [0.25, 0.3) is 0 Å². The topological polar surface area (TPSA) is 70.2 Å². The van der Waals surface area contributed by atoms with Gasteiger partial charge in [0.1, 0.15) is 11.5 Å². The van der Waals surface area contributed by atoms with Crippen LogP contribution in [-0.4, -0.2) is 24.0 Å². The molecule has 1 spiro atoms. The fourth-order valence-corrected chi connectivity index (χ4v) is 5.58. The Hall–Kier alpha value is -2.89. The number of rotatable bonds is 4. The van der Waals surface area contributed by atoms with Gasteiger partial charge in [-0.2, -0.15) is 0 Å². The number of carbonyl (C=O) groups excluding carboxylic acids is 2. The van der Waals surface area contributed by atoms with Crippen molar-refractivity contribution >= 4 is 17.5 Å². The van der Waals surface area contributed by atoms with E-state index in [1.165, 1.54) is 12.1 Å². The second kappa shape index (κ2) is 7.42. The molecule has 0 aromatic heterocycles. The molecule has 4 aliphatic rings. The molecule has 0 saturated heterocycles. The number of nitrogens with one attached hydrogen (secondary N) is 3. The molecule has 3 N–H and O–H groups in total. The maximum absolute atomic E-state index is 13.0. The Labute approximate surface area is 175 Å². The minimum absolute atomic E-state index is 0.0153. The summed E-state index contributed by atoms with van der Waals surface area (Å²) in [6, 6.07) is 14.0. The lowest BCUT2D eigenvalue weighted by atomic mass is 9.58. The van der Waals surface area contributed by atoms with Gasteiger partial charge in [0, 0.05) is 24.1 Å². The standard InChI is InChI=1S/C24H26FN3O2/c25-18-9-5-15(6-10-18)11-12-26-22(29)20-13-17-8-7-16(20)14-24(17)27-21-4-2-1-3-19(21)23(30)28-24/h1-6,9-10,16-17,20,27H,7-8,11-14H2,(H,26,29)(H,28,30)/t16?,17?,20?,24-/m1/s1. The van der Waals surface area contributed by atoms with Crippen molar-refractivity contribution in [2.45, 2.75) is 37.8 Å². The average Bonchev–Trinajstić information content (AvgIpc) is 2.75. The summed E-state index contributed by atoms with van der Waals surface area (Å²) in [5, 5.41) is 9.92. The van der Waals surface area contributed by atoms with E-state index < -0.39 is 5.66 Å². The van der Waals surface area contributed by atoms with E-state index in [0.717, 1.165) is 36.9 Å². The van der Waals surface area contributed by atoms with Crippen LogP contribution in [-0.2, 0) is 11.2 Å². The minimum Gasteiger partial charge on any atom is -0.362 e. The van der Waals surface area contributed by atoms with Crippen LogP contribution in [0.3, 0.4) is 0 Å². The average molecular weight is 407 g/mol. The van der Waals surface area contributed by atoms with Gasteiger partial charge in [0.25, 0.3) is 5.91 Å². The number of para-hydroxylation sites is 1. The summed E-state index contributed by atoms with van der Waals surface area (Å²) in [4.78, 5) is 25.6. The van der Waals surface area contributed by atoms with Crippen molar-refractivity contribution in [1.82, 2.24) is 10.6 Å². The fraction of sp³-hybridized carbons (Fsp3) is 0.417. The Balaban J connectivity index is 1.23. The van der Waals surface area contributed by atoms with Crippen LogP contribution in [0.4, 0.5) is 10.1 Å². The van der Waals surface area contributed by atoms with Gasteiger partial charge in [-0.15, -0.1) is 0 Å². The minimum atomic E-state index is -0.445. The number of carbonyl (C=O) groups is 2. The molecular formula is C24H26FN3O2. The van der Waals surface area contributed by atoms with Gasteiger partial charge in [0.05, 0.1) is 5.56 Å². The molecule has 2 aromatic carbocycles. The fourth-order valence-electron chi connectivity index (χ4n) is 5.58. The number of anilines is 1. The Morgan fingerprint density at radius 1 is 1.10 bits per heavy atom. The third-order valence-corrected chi connectivity index (χ3v) is 7.10. The zero-order valence-electron chi connectivity index (χ0n) is 16.8. The zero-order chi connectivity index (χ0) is 20.7. The van der Waals surface area contributed by atoms with Crippen molar-refractivity contribution in [3.05, 3.63) is 65.5 Å². The first-order valence-electron chi connectivity index (χ1n) is 10.8. The van der Waals surface area contributed by atoms with Crippen molar-refractivity contribution in [3.63, 3.8) is 0 Å². The van der Waals surface area contributed by atoms with E-state index in [2.05, 4.69) is 16.0 Å². The molecule has 6 rings (SSSR count). The molecule has 156 valence electrons. The summed E-state index contributed by atoms with van der Waals surface area (Å²) >= 11 is 0. The molecule has 2 bridgehead atoms. The Morgan fingerprint density at radius 2 is 1.90 bits per heavy atom. The van der Waals surface area contributed by atoms with Crippen LogP contribution in [0, 0.1) is 23.6 Å². The van der Waals surface area contributed by atoms with Crippen molar-refractivity contribution in [2.24, 2.45) is 17.8 Å². The van der Waals surface area contributed by atoms with Crippen LogP contribution in [0.1, 0.15) is 41.6 Å². The van der Waals surface area contributed by atoms with E-state index in [-0.39, 0.29) is 35.4 Å². The highest BCUT2D eigenvalue weighted by atomic mass is 19.1. The molecule has 3 aliphatic carbocycles. The van der Waals surface area contributed by atoms with Crippen molar-refractivity contribution in [3.8, 4) is 0 Å². The molecule has 3 saturated carbocycles. The molecule has 5 nitrogen and oxygen atoms in total. The lowest BCUT2D eigenvalue weighted by Crippen LogP contribution is -2.68. The molecule has 3 unspecified atom stereocenters. The highest BCUT2D eigenvalue weighted by molar-refractivity contribution is 6.02. The van der Waals surface area contributed by atoms with Gasteiger partial charge in [-0.05, 0) is 67.9 Å². The molecule has 6 heteroatoms. The van der Waals surface area contributed by atoms with Gasteiger partial charge >= 0.3 is 0 Å². The summed E-state index contributed by atoms with van der Waals surface area (Å²) in [6.45, 7) is 0.547. The van der Waals surface area contributed by atoms with E-state index in [1.54, 1.807) is 12.1 Å². The van der Waals surface area contributed by atoms with Gasteiger partial charge in [0.2, 0.25) is 5.91 Å². The van der Waals surface area contributed by atoms with Crippen molar-refractivity contribution in [1.29, 1.82) is 0 Å². The number of halogens is 1. The Kier molecular flexibility index (Phi) is 4.72. The molecule has 2 amide bonds. The van der Waals surface area contributed by atoms with Gasteiger partial charge < -0.3 is 16.0 Å². The van der Waals surface area contributed by atoms with E-state index >= 15 is 0 Å². The predicted molar refractivity (Wildman–Crippen MR) is 112 cm³/mol. The Bertz CT molecular complexity index is 977. The molecule has 2 aromatic rings.